The summed E-state index contributed by atoms with van der Waals surface area (Å²) < 4.78 is 7.10. The Labute approximate surface area is 157 Å². The fourth-order valence-electron chi connectivity index (χ4n) is 2.55. The molecule has 0 saturated heterocycles. The number of hydrogen-bond acceptors (Lipinski definition) is 4. The topological polar surface area (TPSA) is 56.1 Å². The van der Waals surface area contributed by atoms with Gasteiger partial charge >= 0.3 is 0 Å². The van der Waals surface area contributed by atoms with E-state index in [2.05, 4.69) is 10.3 Å². The predicted molar refractivity (Wildman–Crippen MR) is 104 cm³/mol. The van der Waals surface area contributed by atoms with Crippen LogP contribution in [-0.2, 0) is 11.3 Å². The van der Waals surface area contributed by atoms with Gasteiger partial charge in [0, 0.05) is 23.8 Å². The highest BCUT2D eigenvalue weighted by atomic mass is 32.2. The number of hydrogen-bond donors (Lipinski definition) is 1. The van der Waals surface area contributed by atoms with E-state index >= 15 is 0 Å². The molecule has 1 heterocycles. The van der Waals surface area contributed by atoms with Crippen molar-refractivity contribution in [2.75, 3.05) is 7.11 Å². The molecule has 0 unspecified atom stereocenters. The highest BCUT2D eigenvalue weighted by Gasteiger charge is 2.15. The summed E-state index contributed by atoms with van der Waals surface area (Å²) in [6.07, 6.45) is 5.38. The maximum absolute atomic E-state index is 12.5. The SMILES string of the molecule is COc1ccc(S[C@@H](C)C(=O)NCc2ccccc2-n2ccnc2)cc1. The molecule has 1 amide bonds. The number of ether oxygens (including phenoxy) is 1. The number of benzene rings is 2. The Bertz CT molecular complexity index is 848. The first-order valence-corrected chi connectivity index (χ1v) is 9.20. The summed E-state index contributed by atoms with van der Waals surface area (Å²) in [6, 6.07) is 15.7. The van der Waals surface area contributed by atoms with Gasteiger partial charge in [0.05, 0.1) is 24.4 Å². The van der Waals surface area contributed by atoms with Crippen LogP contribution in [0.15, 0.2) is 72.1 Å². The number of imidazole rings is 1. The molecule has 0 spiro atoms. The number of aromatic nitrogens is 2. The molecular weight excluding hydrogens is 346 g/mol. The van der Waals surface area contributed by atoms with Crippen molar-refractivity contribution in [3.8, 4) is 11.4 Å². The summed E-state index contributed by atoms with van der Waals surface area (Å²) >= 11 is 1.53. The number of nitrogens with one attached hydrogen (secondary N) is 1. The number of methoxy groups -OCH3 is 1. The first-order chi connectivity index (χ1) is 12.7. The largest absolute Gasteiger partial charge is 0.497 e. The van der Waals surface area contributed by atoms with Crippen molar-refractivity contribution in [3.63, 3.8) is 0 Å². The van der Waals surface area contributed by atoms with Crippen LogP contribution in [0.2, 0.25) is 0 Å². The monoisotopic (exact) mass is 367 g/mol. The summed E-state index contributed by atoms with van der Waals surface area (Å²) in [5.74, 6) is 0.814. The molecule has 5 nitrogen and oxygen atoms in total. The molecule has 3 rings (SSSR count). The Morgan fingerprint density at radius 3 is 2.69 bits per heavy atom. The van der Waals surface area contributed by atoms with Gasteiger partial charge in [-0.1, -0.05) is 18.2 Å². The third-order valence-corrected chi connectivity index (χ3v) is 5.08. The molecule has 3 aromatic rings. The Morgan fingerprint density at radius 1 is 1.23 bits per heavy atom. The number of carbonyl (C=O) groups is 1. The van der Waals surface area contributed by atoms with Crippen molar-refractivity contribution in [2.45, 2.75) is 23.6 Å². The quantitative estimate of drug-likeness (QED) is 0.647. The molecule has 6 heteroatoms. The van der Waals surface area contributed by atoms with E-state index in [1.54, 1.807) is 19.6 Å². The van der Waals surface area contributed by atoms with Crippen molar-refractivity contribution in [1.82, 2.24) is 14.9 Å². The molecule has 0 saturated carbocycles. The number of para-hydroxylation sites is 1. The summed E-state index contributed by atoms with van der Waals surface area (Å²) in [5, 5.41) is 2.83. The van der Waals surface area contributed by atoms with Gasteiger partial charge in [-0.3, -0.25) is 4.79 Å². The van der Waals surface area contributed by atoms with Crippen LogP contribution >= 0.6 is 11.8 Å². The number of carbonyl (C=O) groups excluding carboxylic acids is 1. The summed E-state index contributed by atoms with van der Waals surface area (Å²) in [6.45, 7) is 2.38. The van der Waals surface area contributed by atoms with Gasteiger partial charge in [-0.15, -0.1) is 11.8 Å². The van der Waals surface area contributed by atoms with Crippen molar-refractivity contribution >= 4 is 17.7 Å². The minimum atomic E-state index is -0.191. The van der Waals surface area contributed by atoms with Gasteiger partial charge in [0.1, 0.15) is 5.75 Å². The lowest BCUT2D eigenvalue weighted by atomic mass is 10.1. The van der Waals surface area contributed by atoms with Crippen molar-refractivity contribution in [3.05, 3.63) is 72.8 Å². The molecule has 134 valence electrons. The zero-order valence-corrected chi connectivity index (χ0v) is 15.6. The van der Waals surface area contributed by atoms with Gasteiger partial charge in [-0.05, 0) is 42.8 Å². The standard InChI is InChI=1S/C20H21N3O2S/c1-15(26-18-9-7-17(25-2)8-10-18)20(24)22-13-16-5-3-4-6-19(16)23-12-11-21-14-23/h3-12,14-15H,13H2,1-2H3,(H,22,24)/t15-/m0/s1. The molecule has 0 aliphatic carbocycles. The lowest BCUT2D eigenvalue weighted by Crippen LogP contribution is -2.30. The zero-order valence-electron chi connectivity index (χ0n) is 14.8. The van der Waals surface area contributed by atoms with Gasteiger partial charge in [-0.25, -0.2) is 4.98 Å². The van der Waals surface area contributed by atoms with Crippen LogP contribution in [0.5, 0.6) is 5.75 Å². The van der Waals surface area contributed by atoms with Gasteiger partial charge in [0.25, 0.3) is 0 Å². The second kappa shape index (κ2) is 8.58. The number of thioether (sulfide) groups is 1. The molecule has 0 radical (unpaired) electrons. The molecular formula is C20H21N3O2S. The zero-order chi connectivity index (χ0) is 18.4. The molecule has 1 atom stereocenters. The van der Waals surface area contributed by atoms with Crippen LogP contribution in [0, 0.1) is 0 Å². The summed E-state index contributed by atoms with van der Waals surface area (Å²) in [4.78, 5) is 17.6. The number of nitrogens with zero attached hydrogens (tertiary/aromatic N) is 2. The summed E-state index contributed by atoms with van der Waals surface area (Å²) in [7, 11) is 1.64. The van der Waals surface area contributed by atoms with Crippen LogP contribution in [-0.4, -0.2) is 27.8 Å². The van der Waals surface area contributed by atoms with Crippen LogP contribution in [0.3, 0.4) is 0 Å². The van der Waals surface area contributed by atoms with Crippen molar-refractivity contribution in [1.29, 1.82) is 0 Å². The molecule has 2 aromatic carbocycles. The Hall–Kier alpha value is -2.73. The van der Waals surface area contributed by atoms with Gasteiger partial charge in [0.15, 0.2) is 0 Å². The van der Waals surface area contributed by atoms with E-state index in [-0.39, 0.29) is 11.2 Å². The van der Waals surface area contributed by atoms with Crippen molar-refractivity contribution in [2.24, 2.45) is 0 Å². The smallest absolute Gasteiger partial charge is 0.233 e. The second-order valence-corrected chi connectivity index (χ2v) is 7.17. The lowest BCUT2D eigenvalue weighted by Gasteiger charge is -2.14. The minimum absolute atomic E-state index is 0.00579. The fourth-order valence-corrected chi connectivity index (χ4v) is 3.44. The van der Waals surface area contributed by atoms with Crippen LogP contribution in [0.25, 0.3) is 5.69 Å². The van der Waals surface area contributed by atoms with Crippen LogP contribution in [0.1, 0.15) is 12.5 Å². The van der Waals surface area contributed by atoms with E-state index in [0.717, 1.165) is 21.9 Å². The second-order valence-electron chi connectivity index (χ2n) is 5.75. The molecule has 0 bridgehead atoms. The van der Waals surface area contributed by atoms with E-state index in [4.69, 9.17) is 4.74 Å². The maximum Gasteiger partial charge on any atom is 0.233 e. The highest BCUT2D eigenvalue weighted by molar-refractivity contribution is 8.00. The molecule has 1 N–H and O–H groups in total. The normalized spacial score (nSPS) is 11.8. The average Bonchev–Trinajstić information content (AvgIpc) is 3.21. The molecule has 0 fully saturated rings. The van der Waals surface area contributed by atoms with E-state index < -0.39 is 0 Å². The predicted octanol–water partition coefficient (Wildman–Crippen LogP) is 3.68. The fraction of sp³-hybridized carbons (Fsp3) is 0.200. The molecule has 1 aromatic heterocycles. The number of rotatable bonds is 7. The van der Waals surface area contributed by atoms with Crippen LogP contribution in [0.4, 0.5) is 0 Å². The minimum Gasteiger partial charge on any atom is -0.497 e. The third kappa shape index (κ3) is 4.46. The van der Waals surface area contributed by atoms with Gasteiger partial charge < -0.3 is 14.6 Å². The van der Waals surface area contributed by atoms with Crippen molar-refractivity contribution < 1.29 is 9.53 Å². The first kappa shape index (κ1) is 18.1. The lowest BCUT2D eigenvalue weighted by molar-refractivity contribution is -0.120. The highest BCUT2D eigenvalue weighted by Crippen LogP contribution is 2.25. The third-order valence-electron chi connectivity index (χ3n) is 3.97. The van der Waals surface area contributed by atoms with Gasteiger partial charge in [0.2, 0.25) is 5.91 Å². The average molecular weight is 367 g/mol. The van der Waals surface area contributed by atoms with Gasteiger partial charge in [-0.2, -0.15) is 0 Å². The summed E-state index contributed by atoms with van der Waals surface area (Å²) in [5.41, 5.74) is 2.06. The van der Waals surface area contributed by atoms with E-state index in [0.29, 0.717) is 6.54 Å². The Morgan fingerprint density at radius 2 is 2.00 bits per heavy atom. The molecule has 0 aliphatic rings. The molecule has 0 aliphatic heterocycles. The van der Waals surface area contributed by atoms with E-state index in [1.807, 2.05) is 66.2 Å². The van der Waals surface area contributed by atoms with Crippen LogP contribution < -0.4 is 10.1 Å². The van der Waals surface area contributed by atoms with E-state index in [9.17, 15) is 4.79 Å². The Kier molecular flexibility index (Phi) is 5.96. The number of amides is 1. The van der Waals surface area contributed by atoms with E-state index in [1.165, 1.54) is 11.8 Å². The Balaban J connectivity index is 1.60. The first-order valence-electron chi connectivity index (χ1n) is 8.32. The molecule has 26 heavy (non-hydrogen) atoms. The maximum atomic E-state index is 12.5.